The van der Waals surface area contributed by atoms with Crippen LogP contribution < -0.4 is 0 Å². The molecule has 0 aliphatic heterocycles. The van der Waals surface area contributed by atoms with Gasteiger partial charge < -0.3 is 9.47 Å². The van der Waals surface area contributed by atoms with E-state index in [2.05, 4.69) is 10.2 Å². The maximum atomic E-state index is 13.4. The van der Waals surface area contributed by atoms with E-state index in [-0.39, 0.29) is 19.6 Å². The Morgan fingerprint density at radius 1 is 0.857 bits per heavy atom. The van der Waals surface area contributed by atoms with Gasteiger partial charge in [-0.05, 0) is 35.2 Å². The van der Waals surface area contributed by atoms with Gasteiger partial charge in [0.05, 0.1) is 11.9 Å². The first-order valence-corrected chi connectivity index (χ1v) is 11.7. The van der Waals surface area contributed by atoms with Crippen LogP contribution in [0.25, 0.3) is 11.3 Å². The topological polar surface area (TPSA) is 81.3 Å². The van der Waals surface area contributed by atoms with Crippen LogP contribution in [0.5, 0.6) is 0 Å². The third kappa shape index (κ3) is 4.70. The standard InChI is InChI=1S/C28H23ClN2O4/c29-22-13-11-21(12-14-22)25-23(16-30-31-25)24-15-28(24,26(32)34-17-19-7-3-1-4-8-19)27(33)35-18-20-9-5-2-6-10-20/h1-14,16,24H,15,17-18H2,(H,30,31). The number of nitrogens with zero attached hydrogens (tertiary/aromatic N) is 1. The fourth-order valence-electron chi connectivity index (χ4n) is 4.28. The molecule has 7 heteroatoms. The van der Waals surface area contributed by atoms with Crippen LogP contribution in [-0.2, 0) is 32.3 Å². The van der Waals surface area contributed by atoms with E-state index in [1.807, 2.05) is 72.8 Å². The second-order valence-electron chi connectivity index (χ2n) is 8.56. The minimum Gasteiger partial charge on any atom is -0.460 e. The highest BCUT2D eigenvalue weighted by Gasteiger charge is 2.69. The summed E-state index contributed by atoms with van der Waals surface area (Å²) < 4.78 is 11.3. The SMILES string of the molecule is O=C(OCc1ccccc1)C1(C(=O)OCc2ccccc2)CC1c1cn[nH]c1-c1ccc(Cl)cc1. The number of aromatic amines is 1. The number of hydrogen-bond donors (Lipinski definition) is 1. The number of aromatic nitrogens is 2. The second kappa shape index (κ2) is 9.76. The van der Waals surface area contributed by atoms with Crippen LogP contribution in [0.4, 0.5) is 0 Å². The van der Waals surface area contributed by atoms with Gasteiger partial charge in [0, 0.05) is 16.5 Å². The Morgan fingerprint density at radius 2 is 1.40 bits per heavy atom. The van der Waals surface area contributed by atoms with E-state index in [1.165, 1.54) is 0 Å². The Hall–Kier alpha value is -3.90. The summed E-state index contributed by atoms with van der Waals surface area (Å²) in [5.74, 6) is -1.60. The van der Waals surface area contributed by atoms with Crippen LogP contribution in [-0.4, -0.2) is 22.1 Å². The zero-order chi connectivity index (χ0) is 24.3. The van der Waals surface area contributed by atoms with Gasteiger partial charge in [0.1, 0.15) is 13.2 Å². The number of H-pyrrole nitrogens is 1. The lowest BCUT2D eigenvalue weighted by Gasteiger charge is -2.16. The van der Waals surface area contributed by atoms with Crippen LogP contribution in [0.15, 0.2) is 91.1 Å². The van der Waals surface area contributed by atoms with Gasteiger partial charge in [0.25, 0.3) is 0 Å². The van der Waals surface area contributed by atoms with Crippen molar-refractivity contribution in [2.24, 2.45) is 5.41 Å². The molecule has 1 fully saturated rings. The van der Waals surface area contributed by atoms with Gasteiger partial charge in [-0.3, -0.25) is 14.7 Å². The zero-order valence-electron chi connectivity index (χ0n) is 18.8. The van der Waals surface area contributed by atoms with Crippen molar-refractivity contribution in [2.75, 3.05) is 0 Å². The number of rotatable bonds is 8. The summed E-state index contributed by atoms with van der Waals surface area (Å²) in [4.78, 5) is 26.8. The summed E-state index contributed by atoms with van der Waals surface area (Å²) in [6, 6.07) is 26.0. The van der Waals surface area contributed by atoms with Gasteiger partial charge in [-0.15, -0.1) is 0 Å². The normalized spacial score (nSPS) is 15.9. The van der Waals surface area contributed by atoms with E-state index in [4.69, 9.17) is 21.1 Å². The van der Waals surface area contributed by atoms with Gasteiger partial charge in [-0.2, -0.15) is 5.10 Å². The molecule has 0 spiro atoms. The van der Waals surface area contributed by atoms with Crippen molar-refractivity contribution in [3.05, 3.63) is 113 Å². The number of esters is 2. The van der Waals surface area contributed by atoms with Gasteiger partial charge in [-0.25, -0.2) is 0 Å². The Morgan fingerprint density at radius 3 is 1.94 bits per heavy atom. The van der Waals surface area contributed by atoms with Crippen molar-refractivity contribution >= 4 is 23.5 Å². The molecule has 176 valence electrons. The monoisotopic (exact) mass is 486 g/mol. The minimum absolute atomic E-state index is 0.0789. The number of nitrogens with one attached hydrogen (secondary N) is 1. The molecule has 1 atom stereocenters. The van der Waals surface area contributed by atoms with Gasteiger partial charge in [0.2, 0.25) is 0 Å². The quantitative estimate of drug-likeness (QED) is 0.255. The maximum absolute atomic E-state index is 13.4. The van der Waals surface area contributed by atoms with Crippen molar-refractivity contribution < 1.29 is 19.1 Å². The van der Waals surface area contributed by atoms with Crippen molar-refractivity contribution in [3.63, 3.8) is 0 Å². The predicted octanol–water partition coefficient (Wildman–Crippen LogP) is 5.69. The molecule has 3 aromatic carbocycles. The summed E-state index contributed by atoms with van der Waals surface area (Å²) in [5, 5.41) is 7.80. The van der Waals surface area contributed by atoms with Crippen LogP contribution in [0.3, 0.4) is 0 Å². The van der Waals surface area contributed by atoms with Crippen LogP contribution in [0.2, 0.25) is 5.02 Å². The zero-order valence-corrected chi connectivity index (χ0v) is 19.6. The summed E-state index contributed by atoms with van der Waals surface area (Å²) in [5.41, 5.74) is 2.63. The molecule has 1 N–H and O–H groups in total. The van der Waals surface area contributed by atoms with Gasteiger partial charge in [0.15, 0.2) is 5.41 Å². The molecular weight excluding hydrogens is 464 g/mol. The molecule has 1 saturated carbocycles. The molecule has 1 unspecified atom stereocenters. The van der Waals surface area contributed by atoms with Crippen molar-refractivity contribution in [3.8, 4) is 11.3 Å². The first-order valence-electron chi connectivity index (χ1n) is 11.3. The Bertz CT molecular complexity index is 1260. The minimum atomic E-state index is -1.42. The molecule has 6 nitrogen and oxygen atoms in total. The molecule has 1 aliphatic carbocycles. The predicted molar refractivity (Wildman–Crippen MR) is 131 cm³/mol. The fraction of sp³-hybridized carbons (Fsp3) is 0.179. The summed E-state index contributed by atoms with van der Waals surface area (Å²) in [6.45, 7) is 0.158. The van der Waals surface area contributed by atoms with Gasteiger partial charge in [-0.1, -0.05) is 84.4 Å². The van der Waals surface area contributed by atoms with Crippen molar-refractivity contribution in [1.29, 1.82) is 0 Å². The smallest absolute Gasteiger partial charge is 0.324 e. The van der Waals surface area contributed by atoms with Crippen LogP contribution in [0, 0.1) is 5.41 Å². The summed E-state index contributed by atoms with van der Waals surface area (Å²) >= 11 is 6.04. The average Bonchev–Trinajstić information content (AvgIpc) is 3.47. The third-order valence-electron chi connectivity index (χ3n) is 6.29. The number of hydrogen-bond acceptors (Lipinski definition) is 5. The molecule has 0 radical (unpaired) electrons. The fourth-order valence-corrected chi connectivity index (χ4v) is 4.41. The molecule has 1 aromatic heterocycles. The van der Waals surface area contributed by atoms with E-state index in [1.54, 1.807) is 18.3 Å². The molecule has 4 aromatic rings. The molecule has 5 rings (SSSR count). The Kier molecular flexibility index (Phi) is 6.38. The highest BCUT2D eigenvalue weighted by molar-refractivity contribution is 6.30. The van der Waals surface area contributed by atoms with Crippen molar-refractivity contribution in [2.45, 2.75) is 25.6 Å². The molecule has 0 amide bonds. The number of carbonyl (C=O) groups is 2. The Labute approximate surface area is 207 Å². The average molecular weight is 487 g/mol. The summed E-state index contributed by atoms with van der Waals surface area (Å²) in [7, 11) is 0. The maximum Gasteiger partial charge on any atom is 0.324 e. The Balaban J connectivity index is 1.40. The molecular formula is C28H23ClN2O4. The van der Waals surface area contributed by atoms with E-state index in [0.29, 0.717) is 5.02 Å². The highest BCUT2D eigenvalue weighted by atomic mass is 35.5. The number of ether oxygens (including phenoxy) is 2. The lowest BCUT2D eigenvalue weighted by Crippen LogP contribution is -2.31. The lowest BCUT2D eigenvalue weighted by atomic mass is 9.97. The van der Waals surface area contributed by atoms with Crippen molar-refractivity contribution in [1.82, 2.24) is 10.2 Å². The van der Waals surface area contributed by atoms with E-state index in [9.17, 15) is 9.59 Å². The van der Waals surface area contributed by atoms with Crippen LogP contribution in [0.1, 0.15) is 29.0 Å². The second-order valence-corrected chi connectivity index (χ2v) is 9.00. The number of benzene rings is 3. The van der Waals surface area contributed by atoms with E-state index in [0.717, 1.165) is 27.9 Å². The molecule has 1 aliphatic rings. The largest absolute Gasteiger partial charge is 0.460 e. The van der Waals surface area contributed by atoms with Gasteiger partial charge >= 0.3 is 11.9 Å². The first-order chi connectivity index (χ1) is 17.1. The molecule has 35 heavy (non-hydrogen) atoms. The van der Waals surface area contributed by atoms with Crippen LogP contribution >= 0.6 is 11.6 Å². The number of halogens is 1. The molecule has 1 heterocycles. The number of carbonyl (C=O) groups excluding carboxylic acids is 2. The molecule has 0 saturated heterocycles. The third-order valence-corrected chi connectivity index (χ3v) is 6.54. The highest BCUT2D eigenvalue weighted by Crippen LogP contribution is 2.62. The summed E-state index contributed by atoms with van der Waals surface area (Å²) in [6.07, 6.45) is 1.94. The molecule has 0 bridgehead atoms. The van der Waals surface area contributed by atoms with E-state index < -0.39 is 23.3 Å². The first kappa shape index (κ1) is 22.9. The van der Waals surface area contributed by atoms with E-state index >= 15 is 0 Å². The lowest BCUT2D eigenvalue weighted by molar-refractivity contribution is -0.166.